The van der Waals surface area contributed by atoms with Gasteiger partial charge in [-0.15, -0.1) is 0 Å². The highest BCUT2D eigenvalue weighted by Gasteiger charge is 2.08. The van der Waals surface area contributed by atoms with Gasteiger partial charge in [-0.25, -0.2) is 0 Å². The molecular formula is C18H24N2OS. The van der Waals surface area contributed by atoms with Gasteiger partial charge in [-0.3, -0.25) is 4.79 Å². The van der Waals surface area contributed by atoms with Crippen LogP contribution < -0.4 is 10.2 Å². The Labute approximate surface area is 137 Å². The number of rotatable bonds is 7. The van der Waals surface area contributed by atoms with Crippen LogP contribution in [-0.2, 0) is 11.2 Å². The molecule has 0 bridgehead atoms. The fraction of sp³-hybridized carbons (Fsp3) is 0.389. The van der Waals surface area contributed by atoms with E-state index in [1.807, 2.05) is 17.5 Å². The third kappa shape index (κ3) is 4.60. The molecule has 0 unspecified atom stereocenters. The molecule has 0 saturated heterocycles. The highest BCUT2D eigenvalue weighted by atomic mass is 32.1. The number of carbonyl (C=O) groups excluding carboxylic acids is 1. The molecule has 1 aromatic carbocycles. The third-order valence-corrected chi connectivity index (χ3v) is 4.40. The van der Waals surface area contributed by atoms with Gasteiger partial charge in [0.2, 0.25) is 5.91 Å². The van der Waals surface area contributed by atoms with E-state index in [0.29, 0.717) is 12.5 Å². The molecule has 22 heavy (non-hydrogen) atoms. The van der Waals surface area contributed by atoms with Gasteiger partial charge >= 0.3 is 0 Å². The molecule has 1 N–H and O–H groups in total. The first kappa shape index (κ1) is 16.6. The van der Waals surface area contributed by atoms with E-state index in [4.69, 9.17) is 0 Å². The molecular weight excluding hydrogens is 292 g/mol. The van der Waals surface area contributed by atoms with Crippen LogP contribution >= 0.6 is 11.3 Å². The SMILES string of the molecule is CCN(c1ccc(NC(=O)CCc2ccsc2)cc1)C(C)C. The Bertz CT molecular complexity index is 576. The minimum absolute atomic E-state index is 0.0650. The van der Waals surface area contributed by atoms with Crippen molar-refractivity contribution in [3.63, 3.8) is 0 Å². The Balaban J connectivity index is 1.89. The van der Waals surface area contributed by atoms with E-state index in [0.717, 1.165) is 18.7 Å². The van der Waals surface area contributed by atoms with Gasteiger partial charge < -0.3 is 10.2 Å². The number of benzene rings is 1. The van der Waals surface area contributed by atoms with Crippen molar-refractivity contribution in [2.24, 2.45) is 0 Å². The quantitative estimate of drug-likeness (QED) is 0.812. The molecule has 0 fully saturated rings. The smallest absolute Gasteiger partial charge is 0.224 e. The van der Waals surface area contributed by atoms with Gasteiger partial charge in [0.05, 0.1) is 0 Å². The van der Waals surface area contributed by atoms with Crippen molar-refractivity contribution in [3.05, 3.63) is 46.7 Å². The van der Waals surface area contributed by atoms with Gasteiger partial charge in [-0.05, 0) is 73.8 Å². The Morgan fingerprint density at radius 1 is 1.23 bits per heavy atom. The Kier molecular flexibility index (Phi) is 6.01. The van der Waals surface area contributed by atoms with E-state index in [9.17, 15) is 4.79 Å². The summed E-state index contributed by atoms with van der Waals surface area (Å²) < 4.78 is 0. The van der Waals surface area contributed by atoms with Crippen molar-refractivity contribution >= 4 is 28.6 Å². The van der Waals surface area contributed by atoms with Crippen molar-refractivity contribution in [1.82, 2.24) is 0 Å². The van der Waals surface area contributed by atoms with E-state index < -0.39 is 0 Å². The van der Waals surface area contributed by atoms with Crippen LogP contribution in [0.3, 0.4) is 0 Å². The normalized spacial score (nSPS) is 10.7. The summed E-state index contributed by atoms with van der Waals surface area (Å²) in [6, 6.07) is 10.6. The Morgan fingerprint density at radius 2 is 1.95 bits per heavy atom. The van der Waals surface area contributed by atoms with Crippen molar-refractivity contribution in [2.45, 2.75) is 39.7 Å². The van der Waals surface area contributed by atoms with E-state index in [1.165, 1.54) is 11.3 Å². The molecule has 0 radical (unpaired) electrons. The number of hydrogen-bond acceptors (Lipinski definition) is 3. The number of anilines is 2. The van der Waals surface area contributed by atoms with E-state index >= 15 is 0 Å². The zero-order chi connectivity index (χ0) is 15.9. The third-order valence-electron chi connectivity index (χ3n) is 3.67. The van der Waals surface area contributed by atoms with Gasteiger partial charge in [0.1, 0.15) is 0 Å². The maximum Gasteiger partial charge on any atom is 0.224 e. The van der Waals surface area contributed by atoms with Crippen molar-refractivity contribution < 1.29 is 4.79 Å². The van der Waals surface area contributed by atoms with Crippen molar-refractivity contribution in [1.29, 1.82) is 0 Å². The minimum atomic E-state index is 0.0650. The lowest BCUT2D eigenvalue weighted by Crippen LogP contribution is -2.30. The van der Waals surface area contributed by atoms with Crippen LogP contribution in [0.1, 0.15) is 32.8 Å². The fourth-order valence-corrected chi connectivity index (χ4v) is 3.20. The van der Waals surface area contributed by atoms with Gasteiger partial charge in [0, 0.05) is 30.4 Å². The minimum Gasteiger partial charge on any atom is -0.369 e. The molecule has 0 atom stereocenters. The average molecular weight is 316 g/mol. The van der Waals surface area contributed by atoms with Crippen molar-refractivity contribution in [2.75, 3.05) is 16.8 Å². The number of amides is 1. The largest absolute Gasteiger partial charge is 0.369 e. The first-order chi connectivity index (χ1) is 10.6. The first-order valence-corrected chi connectivity index (χ1v) is 8.72. The summed E-state index contributed by atoms with van der Waals surface area (Å²) >= 11 is 1.67. The molecule has 0 aliphatic rings. The molecule has 2 aromatic rings. The highest BCUT2D eigenvalue weighted by molar-refractivity contribution is 7.07. The number of thiophene rings is 1. The lowest BCUT2D eigenvalue weighted by molar-refractivity contribution is -0.116. The predicted molar refractivity (Wildman–Crippen MR) is 95.9 cm³/mol. The monoisotopic (exact) mass is 316 g/mol. The number of nitrogens with zero attached hydrogens (tertiary/aromatic N) is 1. The summed E-state index contributed by atoms with van der Waals surface area (Å²) in [6.45, 7) is 7.50. The summed E-state index contributed by atoms with van der Waals surface area (Å²) in [7, 11) is 0. The second-order valence-electron chi connectivity index (χ2n) is 5.61. The average Bonchev–Trinajstić information content (AvgIpc) is 3.01. The van der Waals surface area contributed by atoms with Crippen LogP contribution in [-0.4, -0.2) is 18.5 Å². The number of nitrogens with one attached hydrogen (secondary N) is 1. The summed E-state index contributed by atoms with van der Waals surface area (Å²) in [6.07, 6.45) is 1.32. The predicted octanol–water partition coefficient (Wildman–Crippen LogP) is 4.55. The second-order valence-corrected chi connectivity index (χ2v) is 6.39. The van der Waals surface area contributed by atoms with Crippen LogP contribution in [0.25, 0.3) is 0 Å². The topological polar surface area (TPSA) is 32.3 Å². The Morgan fingerprint density at radius 3 is 2.50 bits per heavy atom. The molecule has 0 saturated carbocycles. The van der Waals surface area contributed by atoms with Gasteiger partial charge in [0.25, 0.3) is 0 Å². The molecule has 118 valence electrons. The summed E-state index contributed by atoms with van der Waals surface area (Å²) in [4.78, 5) is 14.3. The van der Waals surface area contributed by atoms with E-state index in [1.54, 1.807) is 11.3 Å². The summed E-state index contributed by atoms with van der Waals surface area (Å²) in [5.41, 5.74) is 3.28. The molecule has 0 aliphatic heterocycles. The van der Waals surface area contributed by atoms with Crippen molar-refractivity contribution in [3.8, 4) is 0 Å². The number of aryl methyl sites for hydroxylation is 1. The standard InChI is InChI=1S/C18H24N2OS/c1-4-20(14(2)3)17-8-6-16(7-9-17)19-18(21)10-5-15-11-12-22-13-15/h6-9,11-14H,4-5,10H2,1-3H3,(H,19,21). The molecule has 2 rings (SSSR count). The van der Waals surface area contributed by atoms with Crippen LogP contribution in [0.4, 0.5) is 11.4 Å². The van der Waals surface area contributed by atoms with E-state index in [2.05, 4.69) is 54.6 Å². The Hall–Kier alpha value is -1.81. The van der Waals surface area contributed by atoms with E-state index in [-0.39, 0.29) is 5.91 Å². The van der Waals surface area contributed by atoms with Crippen LogP contribution in [0, 0.1) is 0 Å². The number of hydrogen-bond donors (Lipinski definition) is 1. The van der Waals surface area contributed by atoms with Gasteiger partial charge in [-0.2, -0.15) is 11.3 Å². The molecule has 4 heteroatoms. The maximum atomic E-state index is 12.0. The fourth-order valence-electron chi connectivity index (χ4n) is 2.50. The molecule has 0 aliphatic carbocycles. The highest BCUT2D eigenvalue weighted by Crippen LogP contribution is 2.20. The van der Waals surface area contributed by atoms with Gasteiger partial charge in [0.15, 0.2) is 0 Å². The molecule has 3 nitrogen and oxygen atoms in total. The summed E-state index contributed by atoms with van der Waals surface area (Å²) in [5, 5.41) is 7.10. The number of carbonyl (C=O) groups is 1. The zero-order valence-electron chi connectivity index (χ0n) is 13.5. The van der Waals surface area contributed by atoms with Crippen LogP contribution in [0.15, 0.2) is 41.1 Å². The van der Waals surface area contributed by atoms with Crippen LogP contribution in [0.5, 0.6) is 0 Å². The zero-order valence-corrected chi connectivity index (χ0v) is 14.3. The first-order valence-electron chi connectivity index (χ1n) is 7.77. The molecule has 1 heterocycles. The maximum absolute atomic E-state index is 12.0. The summed E-state index contributed by atoms with van der Waals surface area (Å²) in [5.74, 6) is 0.0650. The lowest BCUT2D eigenvalue weighted by Gasteiger charge is -2.27. The molecule has 1 amide bonds. The second kappa shape index (κ2) is 7.99. The molecule has 0 spiro atoms. The van der Waals surface area contributed by atoms with Gasteiger partial charge in [-0.1, -0.05) is 0 Å². The molecule has 1 aromatic heterocycles. The van der Waals surface area contributed by atoms with Crippen LogP contribution in [0.2, 0.25) is 0 Å². The lowest BCUT2D eigenvalue weighted by atomic mass is 10.2.